The van der Waals surface area contributed by atoms with E-state index in [1.807, 2.05) is 20.8 Å². The zero-order valence-corrected chi connectivity index (χ0v) is 14.9. The first kappa shape index (κ1) is 18.3. The van der Waals surface area contributed by atoms with E-state index in [0.29, 0.717) is 23.2 Å². The molecule has 0 saturated carbocycles. The van der Waals surface area contributed by atoms with Crippen LogP contribution in [0.2, 0.25) is 0 Å². The van der Waals surface area contributed by atoms with Crippen LogP contribution in [0, 0.1) is 12.8 Å². The molecule has 0 aliphatic rings. The van der Waals surface area contributed by atoms with Crippen LogP contribution >= 0.6 is 10.7 Å². The molecule has 0 unspecified atom stereocenters. The Balaban J connectivity index is 3.32. The Morgan fingerprint density at radius 3 is 2.19 bits per heavy atom. The lowest BCUT2D eigenvalue weighted by atomic mass is 10.1. The van der Waals surface area contributed by atoms with Gasteiger partial charge in [-0.1, -0.05) is 20.8 Å². The number of rotatable bonds is 6. The minimum Gasteiger partial charge on any atom is -0.283 e. The van der Waals surface area contributed by atoms with E-state index in [1.165, 1.54) is 12.1 Å². The van der Waals surface area contributed by atoms with Crippen molar-refractivity contribution < 1.29 is 16.8 Å². The van der Waals surface area contributed by atoms with Crippen LogP contribution in [0.5, 0.6) is 0 Å². The SMILES string of the molecule is CCc1cc(S(=O)(=O)Cl)cc(C)c1NS(=O)(=O)CC(C)C. The maximum Gasteiger partial charge on any atom is 0.261 e. The molecule has 0 bridgehead atoms. The van der Waals surface area contributed by atoms with E-state index in [-0.39, 0.29) is 16.6 Å². The number of halogens is 1. The molecule has 1 rings (SSSR count). The van der Waals surface area contributed by atoms with Crippen LogP contribution in [0.4, 0.5) is 5.69 Å². The molecule has 0 spiro atoms. The Bertz CT molecular complexity index is 725. The molecule has 0 heterocycles. The maximum atomic E-state index is 12.1. The molecule has 0 saturated heterocycles. The first-order valence-corrected chi connectivity index (χ1v) is 10.5. The third-order valence-corrected chi connectivity index (χ3v) is 5.82. The maximum absolute atomic E-state index is 12.1. The first-order chi connectivity index (χ1) is 9.46. The standard InChI is InChI=1S/C13H20ClNO4S2/c1-5-11-7-12(21(14,18)19)6-10(4)13(11)15-20(16,17)8-9(2)3/h6-7,9,15H,5,8H2,1-4H3. The summed E-state index contributed by atoms with van der Waals surface area (Å²) in [6.07, 6.45) is 0.487. The van der Waals surface area contributed by atoms with Gasteiger partial charge in [0.2, 0.25) is 10.0 Å². The predicted molar refractivity (Wildman–Crippen MR) is 85.8 cm³/mol. The lowest BCUT2D eigenvalue weighted by molar-refractivity contribution is 0.587. The largest absolute Gasteiger partial charge is 0.283 e. The summed E-state index contributed by atoms with van der Waals surface area (Å²) in [5.74, 6) is 0.000828. The second-order valence-corrected chi connectivity index (χ2v) is 9.68. The summed E-state index contributed by atoms with van der Waals surface area (Å²) in [6.45, 7) is 7.10. The summed E-state index contributed by atoms with van der Waals surface area (Å²) in [5, 5.41) is 0. The van der Waals surface area contributed by atoms with E-state index >= 15 is 0 Å². The average molecular weight is 354 g/mol. The summed E-state index contributed by atoms with van der Waals surface area (Å²) < 4.78 is 49.5. The summed E-state index contributed by atoms with van der Waals surface area (Å²) in [5.41, 5.74) is 1.56. The van der Waals surface area contributed by atoms with Crippen LogP contribution < -0.4 is 4.72 Å². The van der Waals surface area contributed by atoms with E-state index in [9.17, 15) is 16.8 Å². The highest BCUT2D eigenvalue weighted by molar-refractivity contribution is 8.13. The van der Waals surface area contributed by atoms with Gasteiger partial charge >= 0.3 is 0 Å². The summed E-state index contributed by atoms with van der Waals surface area (Å²) in [7, 11) is -1.96. The van der Waals surface area contributed by atoms with Crippen molar-refractivity contribution in [2.45, 2.75) is 39.0 Å². The quantitative estimate of drug-likeness (QED) is 0.797. The van der Waals surface area contributed by atoms with Gasteiger partial charge in [-0.3, -0.25) is 4.72 Å². The van der Waals surface area contributed by atoms with E-state index in [1.54, 1.807) is 6.92 Å². The van der Waals surface area contributed by atoms with Crippen LogP contribution in [0.1, 0.15) is 31.9 Å². The van der Waals surface area contributed by atoms with Gasteiger partial charge in [-0.25, -0.2) is 16.8 Å². The highest BCUT2D eigenvalue weighted by Gasteiger charge is 2.19. The minimum absolute atomic E-state index is 0.00428. The van der Waals surface area contributed by atoms with Crippen LogP contribution in [-0.2, 0) is 25.5 Å². The Morgan fingerprint density at radius 1 is 1.19 bits per heavy atom. The van der Waals surface area contributed by atoms with Gasteiger partial charge in [-0.05, 0) is 42.5 Å². The Morgan fingerprint density at radius 2 is 1.76 bits per heavy atom. The number of anilines is 1. The van der Waals surface area contributed by atoms with Crippen molar-refractivity contribution in [1.29, 1.82) is 0 Å². The number of hydrogen-bond donors (Lipinski definition) is 1. The monoisotopic (exact) mass is 353 g/mol. The number of hydrogen-bond acceptors (Lipinski definition) is 4. The van der Waals surface area contributed by atoms with Gasteiger partial charge in [0.15, 0.2) is 0 Å². The molecular weight excluding hydrogens is 334 g/mol. The molecule has 1 N–H and O–H groups in total. The van der Waals surface area contributed by atoms with E-state index in [4.69, 9.17) is 10.7 Å². The molecule has 0 amide bonds. The molecule has 0 radical (unpaired) electrons. The van der Waals surface area contributed by atoms with Crippen LogP contribution in [0.3, 0.4) is 0 Å². The molecule has 0 fully saturated rings. The van der Waals surface area contributed by atoms with Crippen molar-refractivity contribution in [2.24, 2.45) is 5.92 Å². The van der Waals surface area contributed by atoms with Crippen molar-refractivity contribution in [3.05, 3.63) is 23.3 Å². The number of sulfonamides is 1. The zero-order valence-electron chi connectivity index (χ0n) is 12.5. The third-order valence-electron chi connectivity index (χ3n) is 2.86. The normalized spacial score (nSPS) is 12.7. The summed E-state index contributed by atoms with van der Waals surface area (Å²) in [6, 6.07) is 2.78. The van der Waals surface area contributed by atoms with Crippen LogP contribution in [0.25, 0.3) is 0 Å². The van der Waals surface area contributed by atoms with Crippen molar-refractivity contribution >= 4 is 35.4 Å². The van der Waals surface area contributed by atoms with Crippen molar-refractivity contribution in [3.8, 4) is 0 Å². The van der Waals surface area contributed by atoms with E-state index in [2.05, 4.69) is 4.72 Å². The molecule has 1 aromatic rings. The summed E-state index contributed by atoms with van der Waals surface area (Å²) in [4.78, 5) is -0.0228. The second-order valence-electron chi connectivity index (χ2n) is 5.34. The molecule has 120 valence electrons. The molecule has 8 heteroatoms. The van der Waals surface area contributed by atoms with Gasteiger partial charge in [0, 0.05) is 10.7 Å². The molecule has 1 aromatic carbocycles. The van der Waals surface area contributed by atoms with Gasteiger partial charge in [-0.15, -0.1) is 0 Å². The average Bonchev–Trinajstić information content (AvgIpc) is 2.28. The van der Waals surface area contributed by atoms with E-state index in [0.717, 1.165) is 0 Å². The Hall–Kier alpha value is -0.790. The van der Waals surface area contributed by atoms with Crippen molar-refractivity contribution in [3.63, 3.8) is 0 Å². The van der Waals surface area contributed by atoms with Gasteiger partial charge in [-0.2, -0.15) is 0 Å². The summed E-state index contributed by atoms with van der Waals surface area (Å²) >= 11 is 0. The highest BCUT2D eigenvalue weighted by Crippen LogP contribution is 2.28. The smallest absolute Gasteiger partial charge is 0.261 e. The molecule has 0 aliphatic heterocycles. The third kappa shape index (κ3) is 5.16. The van der Waals surface area contributed by atoms with Gasteiger partial charge in [0.25, 0.3) is 9.05 Å². The molecule has 0 aromatic heterocycles. The minimum atomic E-state index is -3.84. The Labute approximate surface area is 131 Å². The van der Waals surface area contributed by atoms with Crippen molar-refractivity contribution in [1.82, 2.24) is 0 Å². The highest BCUT2D eigenvalue weighted by atomic mass is 35.7. The topological polar surface area (TPSA) is 80.3 Å². The van der Waals surface area contributed by atoms with Gasteiger partial charge < -0.3 is 0 Å². The fraction of sp³-hybridized carbons (Fsp3) is 0.538. The first-order valence-electron chi connectivity index (χ1n) is 6.55. The lowest BCUT2D eigenvalue weighted by Gasteiger charge is -2.16. The fourth-order valence-electron chi connectivity index (χ4n) is 2.03. The predicted octanol–water partition coefficient (Wildman–Crippen LogP) is 2.88. The fourth-order valence-corrected chi connectivity index (χ4v) is 4.46. The lowest BCUT2D eigenvalue weighted by Crippen LogP contribution is -2.21. The molecule has 21 heavy (non-hydrogen) atoms. The van der Waals surface area contributed by atoms with Crippen LogP contribution in [-0.4, -0.2) is 22.6 Å². The molecular formula is C13H20ClNO4S2. The van der Waals surface area contributed by atoms with Crippen molar-refractivity contribution in [2.75, 3.05) is 10.5 Å². The zero-order chi connectivity index (χ0) is 16.4. The van der Waals surface area contributed by atoms with Crippen LogP contribution in [0.15, 0.2) is 17.0 Å². The number of aryl methyl sites for hydroxylation is 2. The number of nitrogens with one attached hydrogen (secondary N) is 1. The molecule has 0 aliphatic carbocycles. The van der Waals surface area contributed by atoms with E-state index < -0.39 is 19.1 Å². The van der Waals surface area contributed by atoms with Gasteiger partial charge in [0.05, 0.1) is 16.3 Å². The number of benzene rings is 1. The molecule has 0 atom stereocenters. The Kier molecular flexibility index (Phi) is 5.69. The molecule has 5 nitrogen and oxygen atoms in total. The second kappa shape index (κ2) is 6.54. The van der Waals surface area contributed by atoms with Gasteiger partial charge in [0.1, 0.15) is 0 Å².